The number of benzene rings is 2. The number of carbonyl (C=O) groups is 2. The van der Waals surface area contributed by atoms with Crippen molar-refractivity contribution in [1.82, 2.24) is 0 Å². The van der Waals surface area contributed by atoms with Crippen molar-refractivity contribution >= 4 is 11.9 Å². The van der Waals surface area contributed by atoms with Crippen molar-refractivity contribution in [3.63, 3.8) is 0 Å². The lowest BCUT2D eigenvalue weighted by molar-refractivity contribution is 0.0686. The summed E-state index contributed by atoms with van der Waals surface area (Å²) in [6.45, 7) is 0. The minimum atomic E-state index is -1.10. The van der Waals surface area contributed by atoms with Crippen LogP contribution in [-0.4, -0.2) is 22.2 Å². The number of rotatable bonds is 3. The molecular weight excluding hydrogens is 256 g/mol. The van der Waals surface area contributed by atoms with Crippen LogP contribution in [0.25, 0.3) is 11.1 Å². The fourth-order valence-corrected chi connectivity index (χ4v) is 1.92. The standard InChI is InChI=1S/C16H10O4/c1-2-12-13(4-3-5-14(12)16(19)20)10-6-8-11(9-7-10)15(17)18/h1,3-9H,(H,17,18)(H,19,20). The Morgan fingerprint density at radius 3 is 2.10 bits per heavy atom. The second kappa shape index (κ2) is 5.29. The Balaban J connectivity index is 2.58. The Kier molecular flexibility index (Phi) is 3.54. The highest BCUT2D eigenvalue weighted by molar-refractivity contribution is 5.94. The lowest BCUT2D eigenvalue weighted by Gasteiger charge is -2.08. The molecule has 0 amide bonds. The third-order valence-corrected chi connectivity index (χ3v) is 2.88. The Bertz CT molecular complexity index is 721. The van der Waals surface area contributed by atoms with Gasteiger partial charge in [0.25, 0.3) is 0 Å². The van der Waals surface area contributed by atoms with Gasteiger partial charge >= 0.3 is 11.9 Å². The summed E-state index contributed by atoms with van der Waals surface area (Å²) in [5, 5.41) is 18.0. The van der Waals surface area contributed by atoms with Crippen LogP contribution in [0.1, 0.15) is 26.3 Å². The second-order valence-corrected chi connectivity index (χ2v) is 4.06. The van der Waals surface area contributed by atoms with E-state index in [9.17, 15) is 9.59 Å². The van der Waals surface area contributed by atoms with Gasteiger partial charge in [0.1, 0.15) is 0 Å². The molecule has 0 spiro atoms. The van der Waals surface area contributed by atoms with E-state index in [1.54, 1.807) is 24.3 Å². The number of aromatic carboxylic acids is 2. The van der Waals surface area contributed by atoms with E-state index in [1.165, 1.54) is 18.2 Å². The van der Waals surface area contributed by atoms with E-state index >= 15 is 0 Å². The fraction of sp³-hybridized carbons (Fsp3) is 0. The van der Waals surface area contributed by atoms with Gasteiger partial charge in [-0.2, -0.15) is 0 Å². The van der Waals surface area contributed by atoms with Crippen LogP contribution < -0.4 is 0 Å². The largest absolute Gasteiger partial charge is 0.478 e. The van der Waals surface area contributed by atoms with Gasteiger partial charge in [0.05, 0.1) is 11.1 Å². The molecule has 0 saturated heterocycles. The Hall–Kier alpha value is -3.06. The predicted molar refractivity (Wildman–Crippen MR) is 73.7 cm³/mol. The molecule has 0 unspecified atom stereocenters. The summed E-state index contributed by atoms with van der Waals surface area (Å²) in [4.78, 5) is 21.9. The SMILES string of the molecule is C#Cc1c(C(=O)O)cccc1-c1ccc(C(=O)O)cc1. The zero-order chi connectivity index (χ0) is 14.7. The van der Waals surface area contributed by atoms with Gasteiger partial charge in [-0.25, -0.2) is 9.59 Å². The van der Waals surface area contributed by atoms with Gasteiger partial charge in [0, 0.05) is 5.56 Å². The zero-order valence-corrected chi connectivity index (χ0v) is 10.3. The third kappa shape index (κ3) is 2.38. The first-order valence-electron chi connectivity index (χ1n) is 5.71. The van der Waals surface area contributed by atoms with Crippen LogP contribution in [0.15, 0.2) is 42.5 Å². The fourth-order valence-electron chi connectivity index (χ4n) is 1.92. The van der Waals surface area contributed by atoms with Crippen molar-refractivity contribution in [3.05, 3.63) is 59.2 Å². The molecule has 0 bridgehead atoms. The maximum atomic E-state index is 11.1. The molecule has 0 aliphatic carbocycles. The molecule has 0 saturated carbocycles. The van der Waals surface area contributed by atoms with Crippen LogP contribution in [0.2, 0.25) is 0 Å². The molecule has 98 valence electrons. The minimum absolute atomic E-state index is 0.0484. The van der Waals surface area contributed by atoms with E-state index in [4.69, 9.17) is 16.6 Å². The van der Waals surface area contributed by atoms with Crippen molar-refractivity contribution in [3.8, 4) is 23.5 Å². The molecular formula is C16H10O4. The molecule has 4 heteroatoms. The monoisotopic (exact) mass is 266 g/mol. The predicted octanol–water partition coefficient (Wildman–Crippen LogP) is 2.73. The smallest absolute Gasteiger partial charge is 0.336 e. The molecule has 0 heterocycles. The quantitative estimate of drug-likeness (QED) is 0.838. The molecule has 0 aliphatic rings. The van der Waals surface area contributed by atoms with E-state index in [0.29, 0.717) is 11.1 Å². The van der Waals surface area contributed by atoms with Crippen LogP contribution in [-0.2, 0) is 0 Å². The first-order valence-corrected chi connectivity index (χ1v) is 5.71. The van der Waals surface area contributed by atoms with Gasteiger partial charge in [0.2, 0.25) is 0 Å². The van der Waals surface area contributed by atoms with Crippen LogP contribution in [0.5, 0.6) is 0 Å². The average molecular weight is 266 g/mol. The Labute approximate surface area is 115 Å². The molecule has 0 radical (unpaired) electrons. The molecule has 0 atom stereocenters. The van der Waals surface area contributed by atoms with Gasteiger partial charge in [0.15, 0.2) is 0 Å². The first-order chi connectivity index (χ1) is 9.54. The summed E-state index contributed by atoms with van der Waals surface area (Å²) in [6, 6.07) is 10.8. The average Bonchev–Trinajstić information content (AvgIpc) is 2.46. The van der Waals surface area contributed by atoms with Crippen molar-refractivity contribution in [2.75, 3.05) is 0 Å². The van der Waals surface area contributed by atoms with E-state index in [2.05, 4.69) is 5.92 Å². The van der Waals surface area contributed by atoms with Crippen molar-refractivity contribution in [2.24, 2.45) is 0 Å². The van der Waals surface area contributed by atoms with Crippen LogP contribution in [0.4, 0.5) is 0 Å². The van der Waals surface area contributed by atoms with E-state index in [1.807, 2.05) is 0 Å². The van der Waals surface area contributed by atoms with Crippen molar-refractivity contribution < 1.29 is 19.8 Å². The Morgan fingerprint density at radius 1 is 0.950 bits per heavy atom. The molecule has 2 aromatic carbocycles. The molecule has 2 rings (SSSR count). The third-order valence-electron chi connectivity index (χ3n) is 2.88. The summed E-state index contributed by atoms with van der Waals surface area (Å²) < 4.78 is 0. The normalized spacial score (nSPS) is 9.75. The van der Waals surface area contributed by atoms with Crippen LogP contribution >= 0.6 is 0 Å². The maximum Gasteiger partial charge on any atom is 0.336 e. The van der Waals surface area contributed by atoms with Gasteiger partial charge in [-0.15, -0.1) is 6.42 Å². The van der Waals surface area contributed by atoms with E-state index in [0.717, 1.165) is 0 Å². The minimum Gasteiger partial charge on any atom is -0.478 e. The number of hydrogen-bond donors (Lipinski definition) is 2. The van der Waals surface area contributed by atoms with Gasteiger partial charge in [-0.05, 0) is 29.3 Å². The molecule has 4 nitrogen and oxygen atoms in total. The van der Waals surface area contributed by atoms with E-state index in [-0.39, 0.29) is 16.7 Å². The topological polar surface area (TPSA) is 74.6 Å². The van der Waals surface area contributed by atoms with Crippen molar-refractivity contribution in [1.29, 1.82) is 0 Å². The summed E-state index contributed by atoms with van der Waals surface area (Å²) >= 11 is 0. The Morgan fingerprint density at radius 2 is 1.60 bits per heavy atom. The maximum absolute atomic E-state index is 11.1. The first kappa shape index (κ1) is 13.4. The molecule has 0 aromatic heterocycles. The number of carboxylic acid groups (broad SMARTS) is 2. The zero-order valence-electron chi connectivity index (χ0n) is 10.3. The highest BCUT2D eigenvalue weighted by atomic mass is 16.4. The van der Waals surface area contributed by atoms with Crippen LogP contribution in [0, 0.1) is 12.3 Å². The van der Waals surface area contributed by atoms with Gasteiger partial charge < -0.3 is 10.2 Å². The van der Waals surface area contributed by atoms with Gasteiger partial charge in [-0.1, -0.05) is 30.2 Å². The molecule has 20 heavy (non-hydrogen) atoms. The molecule has 0 aliphatic heterocycles. The lowest BCUT2D eigenvalue weighted by Crippen LogP contribution is -2.01. The summed E-state index contributed by atoms with van der Waals surface area (Å²) in [5.74, 6) is 0.268. The molecule has 2 N–H and O–H groups in total. The van der Waals surface area contributed by atoms with Crippen molar-refractivity contribution in [2.45, 2.75) is 0 Å². The summed E-state index contributed by atoms with van der Waals surface area (Å²) in [5.41, 5.74) is 1.75. The summed E-state index contributed by atoms with van der Waals surface area (Å²) in [7, 11) is 0. The van der Waals surface area contributed by atoms with E-state index < -0.39 is 11.9 Å². The number of terminal acetylenes is 1. The highest BCUT2D eigenvalue weighted by Crippen LogP contribution is 2.26. The van der Waals surface area contributed by atoms with Gasteiger partial charge in [-0.3, -0.25) is 0 Å². The summed E-state index contributed by atoms with van der Waals surface area (Å²) in [6.07, 6.45) is 5.40. The number of carboxylic acids is 2. The highest BCUT2D eigenvalue weighted by Gasteiger charge is 2.13. The molecule has 0 fully saturated rings. The van der Waals surface area contributed by atoms with Crippen LogP contribution in [0.3, 0.4) is 0 Å². The lowest BCUT2D eigenvalue weighted by atomic mass is 9.95. The molecule has 2 aromatic rings. The second-order valence-electron chi connectivity index (χ2n) is 4.06. The number of hydrogen-bond acceptors (Lipinski definition) is 2.